The van der Waals surface area contributed by atoms with Crippen molar-refractivity contribution in [1.29, 1.82) is 0 Å². The molecule has 2 aromatic rings. The lowest BCUT2D eigenvalue weighted by molar-refractivity contribution is 0.416. The summed E-state index contributed by atoms with van der Waals surface area (Å²) in [5, 5.41) is 0. The molecule has 0 aliphatic heterocycles. The topological polar surface area (TPSA) is 63.9 Å². The van der Waals surface area contributed by atoms with E-state index in [1.165, 1.54) is 5.56 Å². The molecule has 1 heterocycles. The number of hydrogen-bond donors (Lipinski definition) is 2. The molecule has 0 fully saturated rings. The molecule has 1 aromatic carbocycles. The number of rotatable bonds is 4. The summed E-state index contributed by atoms with van der Waals surface area (Å²) < 4.78 is 5.40. The Morgan fingerprint density at radius 3 is 2.79 bits per heavy atom. The van der Waals surface area contributed by atoms with Crippen LogP contribution >= 0.6 is 0 Å². The maximum absolute atomic E-state index is 6.20. The second-order valence-corrected chi connectivity index (χ2v) is 5.12. The maximum atomic E-state index is 6.20. The predicted octanol–water partition coefficient (Wildman–Crippen LogP) is 2.98. The molecule has 4 heteroatoms. The van der Waals surface area contributed by atoms with Crippen LogP contribution in [-0.2, 0) is 5.54 Å². The molecule has 102 valence electrons. The Labute approximate surface area is 114 Å². The first-order chi connectivity index (χ1) is 8.97. The molecule has 0 saturated carbocycles. The van der Waals surface area contributed by atoms with Crippen molar-refractivity contribution in [3.8, 4) is 17.0 Å². The summed E-state index contributed by atoms with van der Waals surface area (Å²) in [6, 6.07) is 6.07. The Hall–Kier alpha value is -1.81. The van der Waals surface area contributed by atoms with E-state index in [2.05, 4.69) is 29.9 Å². The van der Waals surface area contributed by atoms with Crippen LogP contribution in [0, 0.1) is 6.92 Å². The molecule has 0 amide bonds. The minimum atomic E-state index is -0.435. The first-order valence-corrected chi connectivity index (χ1v) is 6.47. The second-order valence-electron chi connectivity index (χ2n) is 5.12. The standard InChI is InChI=1S/C15H21N3O/c1-5-15(3,16)14-17-9-12(18-14)11-8-10(2)6-7-13(11)19-4/h6-9H,5,16H2,1-4H3,(H,17,18). The summed E-state index contributed by atoms with van der Waals surface area (Å²) in [4.78, 5) is 7.71. The largest absolute Gasteiger partial charge is 0.496 e. The average molecular weight is 259 g/mol. The third-order valence-electron chi connectivity index (χ3n) is 3.50. The number of ether oxygens (including phenoxy) is 1. The van der Waals surface area contributed by atoms with Gasteiger partial charge in [0.05, 0.1) is 24.5 Å². The summed E-state index contributed by atoms with van der Waals surface area (Å²) in [5.74, 6) is 1.63. The van der Waals surface area contributed by atoms with Crippen molar-refractivity contribution >= 4 is 0 Å². The number of aryl methyl sites for hydroxylation is 1. The van der Waals surface area contributed by atoms with E-state index in [1.807, 2.05) is 25.3 Å². The minimum Gasteiger partial charge on any atom is -0.496 e. The Morgan fingerprint density at radius 1 is 1.42 bits per heavy atom. The van der Waals surface area contributed by atoms with Crippen LogP contribution in [0.5, 0.6) is 5.75 Å². The van der Waals surface area contributed by atoms with Gasteiger partial charge in [0, 0.05) is 5.56 Å². The average Bonchev–Trinajstić information content (AvgIpc) is 2.89. The van der Waals surface area contributed by atoms with Crippen LogP contribution in [0.1, 0.15) is 31.7 Å². The zero-order valence-electron chi connectivity index (χ0n) is 11.9. The van der Waals surface area contributed by atoms with Gasteiger partial charge in [0.1, 0.15) is 11.6 Å². The van der Waals surface area contributed by atoms with Crippen molar-refractivity contribution in [2.24, 2.45) is 5.73 Å². The number of nitrogens with one attached hydrogen (secondary N) is 1. The fourth-order valence-electron chi connectivity index (χ4n) is 1.95. The molecular weight excluding hydrogens is 238 g/mol. The molecule has 1 aromatic heterocycles. The third kappa shape index (κ3) is 2.63. The van der Waals surface area contributed by atoms with Gasteiger partial charge in [-0.3, -0.25) is 0 Å². The van der Waals surface area contributed by atoms with Crippen LogP contribution in [0.15, 0.2) is 24.4 Å². The number of methoxy groups -OCH3 is 1. The van der Waals surface area contributed by atoms with Crippen molar-refractivity contribution in [3.05, 3.63) is 35.8 Å². The van der Waals surface area contributed by atoms with Gasteiger partial charge in [-0.25, -0.2) is 4.98 Å². The number of hydrogen-bond acceptors (Lipinski definition) is 3. The number of benzene rings is 1. The van der Waals surface area contributed by atoms with E-state index in [4.69, 9.17) is 10.5 Å². The van der Waals surface area contributed by atoms with Crippen LogP contribution in [-0.4, -0.2) is 17.1 Å². The monoisotopic (exact) mass is 259 g/mol. The van der Waals surface area contributed by atoms with Crippen LogP contribution < -0.4 is 10.5 Å². The van der Waals surface area contributed by atoms with E-state index in [1.54, 1.807) is 7.11 Å². The minimum absolute atomic E-state index is 0.435. The van der Waals surface area contributed by atoms with Crippen LogP contribution in [0.2, 0.25) is 0 Å². The quantitative estimate of drug-likeness (QED) is 0.887. The van der Waals surface area contributed by atoms with Gasteiger partial charge >= 0.3 is 0 Å². The highest BCUT2D eigenvalue weighted by Gasteiger charge is 2.23. The van der Waals surface area contributed by atoms with Crippen LogP contribution in [0.4, 0.5) is 0 Å². The number of imidazole rings is 1. The third-order valence-corrected chi connectivity index (χ3v) is 3.50. The van der Waals surface area contributed by atoms with Crippen LogP contribution in [0.25, 0.3) is 11.3 Å². The van der Waals surface area contributed by atoms with Gasteiger partial charge in [0.15, 0.2) is 0 Å². The number of aromatic nitrogens is 2. The van der Waals surface area contributed by atoms with Gasteiger partial charge in [0.2, 0.25) is 0 Å². The second kappa shape index (κ2) is 5.05. The number of aromatic amines is 1. The molecule has 1 unspecified atom stereocenters. The van der Waals surface area contributed by atoms with E-state index in [9.17, 15) is 0 Å². The molecule has 0 aliphatic rings. The maximum Gasteiger partial charge on any atom is 0.128 e. The SMILES string of the molecule is CCC(C)(N)c1ncc(-c2cc(C)ccc2OC)[nH]1. The number of nitrogens with two attached hydrogens (primary N) is 1. The molecule has 3 N–H and O–H groups in total. The highest BCUT2D eigenvalue weighted by Crippen LogP contribution is 2.31. The van der Waals surface area contributed by atoms with Crippen molar-refractivity contribution in [1.82, 2.24) is 9.97 Å². The number of H-pyrrole nitrogens is 1. The zero-order valence-corrected chi connectivity index (χ0v) is 11.9. The van der Waals surface area contributed by atoms with Gasteiger partial charge < -0.3 is 15.5 Å². The molecule has 1 atom stereocenters. The lowest BCUT2D eigenvalue weighted by atomic mass is 10.00. The Morgan fingerprint density at radius 2 is 2.16 bits per heavy atom. The van der Waals surface area contributed by atoms with E-state index in [0.717, 1.165) is 29.3 Å². The first kappa shape index (κ1) is 13.6. The fraction of sp³-hybridized carbons (Fsp3) is 0.400. The first-order valence-electron chi connectivity index (χ1n) is 6.47. The highest BCUT2D eigenvalue weighted by molar-refractivity contribution is 5.67. The summed E-state index contributed by atoms with van der Waals surface area (Å²) in [5.41, 5.74) is 8.89. The lowest BCUT2D eigenvalue weighted by Gasteiger charge is -2.19. The van der Waals surface area contributed by atoms with Crippen molar-refractivity contribution in [3.63, 3.8) is 0 Å². The Balaban J connectivity index is 2.46. The molecule has 0 aliphatic carbocycles. The Bertz CT molecular complexity index is 573. The smallest absolute Gasteiger partial charge is 0.128 e. The van der Waals surface area contributed by atoms with E-state index in [-0.39, 0.29) is 0 Å². The summed E-state index contributed by atoms with van der Waals surface area (Å²) in [6.45, 7) is 6.08. The van der Waals surface area contributed by atoms with E-state index < -0.39 is 5.54 Å². The lowest BCUT2D eigenvalue weighted by Crippen LogP contribution is -2.33. The molecule has 19 heavy (non-hydrogen) atoms. The zero-order chi connectivity index (χ0) is 14.0. The molecule has 4 nitrogen and oxygen atoms in total. The van der Waals surface area contributed by atoms with Gasteiger partial charge in [0.25, 0.3) is 0 Å². The van der Waals surface area contributed by atoms with Crippen LogP contribution in [0.3, 0.4) is 0 Å². The molecule has 0 radical (unpaired) electrons. The van der Waals surface area contributed by atoms with Crippen molar-refractivity contribution in [2.45, 2.75) is 32.7 Å². The van der Waals surface area contributed by atoms with E-state index in [0.29, 0.717) is 0 Å². The van der Waals surface area contributed by atoms with Crippen molar-refractivity contribution in [2.75, 3.05) is 7.11 Å². The van der Waals surface area contributed by atoms with Gasteiger partial charge in [-0.2, -0.15) is 0 Å². The molecular formula is C15H21N3O. The summed E-state index contributed by atoms with van der Waals surface area (Å²) in [6.07, 6.45) is 2.64. The molecule has 0 bridgehead atoms. The number of nitrogens with zero attached hydrogens (tertiary/aromatic N) is 1. The summed E-state index contributed by atoms with van der Waals surface area (Å²) >= 11 is 0. The van der Waals surface area contributed by atoms with Gasteiger partial charge in [-0.15, -0.1) is 0 Å². The normalized spacial score (nSPS) is 14.2. The molecule has 2 rings (SSSR count). The van der Waals surface area contributed by atoms with Crippen molar-refractivity contribution < 1.29 is 4.74 Å². The molecule has 0 saturated heterocycles. The summed E-state index contributed by atoms with van der Waals surface area (Å²) in [7, 11) is 1.67. The molecule has 0 spiro atoms. The van der Waals surface area contributed by atoms with Gasteiger partial charge in [-0.1, -0.05) is 18.6 Å². The van der Waals surface area contributed by atoms with E-state index >= 15 is 0 Å². The Kier molecular flexibility index (Phi) is 3.62. The predicted molar refractivity (Wildman–Crippen MR) is 77.1 cm³/mol. The fourth-order valence-corrected chi connectivity index (χ4v) is 1.95. The highest BCUT2D eigenvalue weighted by atomic mass is 16.5. The van der Waals surface area contributed by atoms with Gasteiger partial charge in [-0.05, 0) is 32.4 Å².